The molecule has 0 amide bonds. The van der Waals surface area contributed by atoms with E-state index in [-0.39, 0.29) is 12.1 Å². The summed E-state index contributed by atoms with van der Waals surface area (Å²) in [5.41, 5.74) is 4.99. The zero-order valence-corrected chi connectivity index (χ0v) is 7.70. The minimum atomic E-state index is -0.648. The minimum Gasteiger partial charge on any atom is -0.379 e. The van der Waals surface area contributed by atoms with Crippen LogP contribution in [0.3, 0.4) is 0 Å². The van der Waals surface area contributed by atoms with Crippen LogP contribution in [-0.2, 0) is 0 Å². The predicted molar refractivity (Wildman–Crippen MR) is 45.8 cm³/mol. The fraction of sp³-hybridized carbons (Fsp3) is 1.00. The molecular formula is C7H20N2O2. The van der Waals surface area contributed by atoms with E-state index in [1.54, 1.807) is 14.0 Å². The fourth-order valence-corrected chi connectivity index (χ4v) is 0. The van der Waals surface area contributed by atoms with Crippen LogP contribution in [0.15, 0.2) is 0 Å². The Morgan fingerprint density at radius 2 is 1.36 bits per heavy atom. The first-order chi connectivity index (χ1) is 4.91. The summed E-state index contributed by atoms with van der Waals surface area (Å²) < 4.78 is 0. The number of aliphatic hydroxyl groups is 2. The summed E-state index contributed by atoms with van der Waals surface area (Å²) >= 11 is 0. The van der Waals surface area contributed by atoms with Crippen LogP contribution < -0.4 is 11.1 Å². The SMILES string of the molecule is CC(C)C(N)O.CNC(C)O. The summed E-state index contributed by atoms with van der Waals surface area (Å²) in [6, 6.07) is 0. The molecule has 5 N–H and O–H groups in total. The summed E-state index contributed by atoms with van der Waals surface area (Å²) in [7, 11) is 1.70. The van der Waals surface area contributed by atoms with E-state index in [4.69, 9.17) is 15.9 Å². The lowest BCUT2D eigenvalue weighted by molar-refractivity contribution is 0.132. The van der Waals surface area contributed by atoms with Crippen LogP contribution in [0.4, 0.5) is 0 Å². The first-order valence-corrected chi connectivity index (χ1v) is 3.70. The second-order valence-corrected chi connectivity index (χ2v) is 2.70. The molecule has 0 aliphatic rings. The molecule has 0 bridgehead atoms. The van der Waals surface area contributed by atoms with Crippen LogP contribution in [0, 0.1) is 5.92 Å². The second-order valence-electron chi connectivity index (χ2n) is 2.70. The number of hydrogen-bond acceptors (Lipinski definition) is 4. The maximum Gasteiger partial charge on any atom is 0.104 e. The Morgan fingerprint density at radius 1 is 1.18 bits per heavy atom. The average molecular weight is 164 g/mol. The average Bonchev–Trinajstić information content (AvgIpc) is 1.89. The van der Waals surface area contributed by atoms with Crippen molar-refractivity contribution in [3.05, 3.63) is 0 Å². The van der Waals surface area contributed by atoms with Gasteiger partial charge in [-0.2, -0.15) is 0 Å². The van der Waals surface area contributed by atoms with Crippen LogP contribution in [0.25, 0.3) is 0 Å². The van der Waals surface area contributed by atoms with Crippen molar-refractivity contribution in [3.63, 3.8) is 0 Å². The Morgan fingerprint density at radius 3 is 1.36 bits per heavy atom. The van der Waals surface area contributed by atoms with E-state index in [2.05, 4.69) is 5.32 Å². The van der Waals surface area contributed by atoms with E-state index < -0.39 is 6.23 Å². The molecule has 0 heterocycles. The van der Waals surface area contributed by atoms with E-state index in [0.717, 1.165) is 0 Å². The van der Waals surface area contributed by atoms with Gasteiger partial charge >= 0.3 is 0 Å². The topological polar surface area (TPSA) is 78.5 Å². The number of aliphatic hydroxyl groups excluding tert-OH is 2. The van der Waals surface area contributed by atoms with Crippen molar-refractivity contribution in [2.24, 2.45) is 11.7 Å². The molecule has 0 aliphatic carbocycles. The predicted octanol–water partition coefficient (Wildman–Crippen LogP) is -0.536. The van der Waals surface area contributed by atoms with E-state index >= 15 is 0 Å². The number of nitrogens with two attached hydrogens (primary N) is 1. The Hall–Kier alpha value is -0.160. The molecule has 0 saturated carbocycles. The van der Waals surface area contributed by atoms with Gasteiger partial charge in [0.25, 0.3) is 0 Å². The molecule has 0 aliphatic heterocycles. The highest BCUT2D eigenvalue weighted by Gasteiger charge is 1.97. The Bertz CT molecular complexity index is 68.8. The zero-order chi connectivity index (χ0) is 9.44. The molecule has 11 heavy (non-hydrogen) atoms. The van der Waals surface area contributed by atoms with Crippen LogP contribution in [0.1, 0.15) is 20.8 Å². The standard InChI is InChI=1S/C4H11NO.C3H9NO/c1-3(2)4(5)6;1-3(5)4-2/h3-4,6H,5H2,1-2H3;3-5H,1-2H3. The van der Waals surface area contributed by atoms with Gasteiger partial charge < -0.3 is 15.9 Å². The third-order valence-electron chi connectivity index (χ3n) is 1.10. The van der Waals surface area contributed by atoms with Gasteiger partial charge in [-0.15, -0.1) is 0 Å². The molecule has 0 rings (SSSR count). The summed E-state index contributed by atoms with van der Waals surface area (Å²) in [6.07, 6.45) is -1.01. The van der Waals surface area contributed by atoms with E-state index in [9.17, 15) is 0 Å². The lowest BCUT2D eigenvalue weighted by atomic mass is 10.2. The van der Waals surface area contributed by atoms with Gasteiger partial charge in [-0.05, 0) is 19.9 Å². The summed E-state index contributed by atoms with van der Waals surface area (Å²) in [5.74, 6) is 0.185. The Kier molecular flexibility index (Phi) is 9.70. The molecule has 0 saturated heterocycles. The molecule has 0 spiro atoms. The smallest absolute Gasteiger partial charge is 0.104 e. The third kappa shape index (κ3) is 17.7. The highest BCUT2D eigenvalue weighted by atomic mass is 16.3. The van der Waals surface area contributed by atoms with Gasteiger partial charge in [0, 0.05) is 0 Å². The molecule has 4 heteroatoms. The van der Waals surface area contributed by atoms with E-state index in [0.29, 0.717) is 0 Å². The maximum absolute atomic E-state index is 8.41. The highest BCUT2D eigenvalue weighted by Crippen LogP contribution is 1.90. The molecule has 70 valence electrons. The van der Waals surface area contributed by atoms with Crippen molar-refractivity contribution in [2.75, 3.05) is 7.05 Å². The van der Waals surface area contributed by atoms with Gasteiger partial charge in [-0.1, -0.05) is 13.8 Å². The first-order valence-electron chi connectivity index (χ1n) is 3.70. The molecule has 0 fully saturated rings. The van der Waals surface area contributed by atoms with Crippen molar-refractivity contribution in [1.82, 2.24) is 5.32 Å². The van der Waals surface area contributed by atoms with Crippen LogP contribution >= 0.6 is 0 Å². The van der Waals surface area contributed by atoms with Gasteiger partial charge in [-0.25, -0.2) is 0 Å². The molecule has 0 aromatic heterocycles. The Labute approximate surface area is 68.4 Å². The van der Waals surface area contributed by atoms with Gasteiger partial charge in [-0.3, -0.25) is 5.32 Å². The monoisotopic (exact) mass is 164 g/mol. The normalized spacial score (nSPS) is 15.3. The minimum absolute atomic E-state index is 0.185. The molecule has 0 radical (unpaired) electrons. The third-order valence-corrected chi connectivity index (χ3v) is 1.10. The van der Waals surface area contributed by atoms with Crippen molar-refractivity contribution in [2.45, 2.75) is 33.2 Å². The van der Waals surface area contributed by atoms with Crippen molar-refractivity contribution < 1.29 is 10.2 Å². The van der Waals surface area contributed by atoms with Crippen LogP contribution in [0.2, 0.25) is 0 Å². The summed E-state index contributed by atoms with van der Waals surface area (Å²) in [6.45, 7) is 5.40. The van der Waals surface area contributed by atoms with Crippen molar-refractivity contribution in [3.8, 4) is 0 Å². The summed E-state index contributed by atoms with van der Waals surface area (Å²) in [5, 5.41) is 19.2. The quantitative estimate of drug-likeness (QED) is 0.413. The zero-order valence-electron chi connectivity index (χ0n) is 7.70. The Balaban J connectivity index is 0. The molecule has 2 atom stereocenters. The van der Waals surface area contributed by atoms with Crippen LogP contribution in [0.5, 0.6) is 0 Å². The second kappa shape index (κ2) is 7.94. The van der Waals surface area contributed by atoms with Crippen molar-refractivity contribution >= 4 is 0 Å². The molecule has 4 nitrogen and oxygen atoms in total. The largest absolute Gasteiger partial charge is 0.379 e. The van der Waals surface area contributed by atoms with Crippen molar-refractivity contribution in [1.29, 1.82) is 0 Å². The van der Waals surface area contributed by atoms with E-state index in [1.165, 1.54) is 0 Å². The molecule has 0 aromatic rings. The highest BCUT2D eigenvalue weighted by molar-refractivity contribution is 4.46. The first kappa shape index (κ1) is 13.4. The van der Waals surface area contributed by atoms with Gasteiger partial charge in [0.2, 0.25) is 0 Å². The number of nitrogens with one attached hydrogen (secondary N) is 1. The maximum atomic E-state index is 8.41. The van der Waals surface area contributed by atoms with Gasteiger partial charge in [0.15, 0.2) is 0 Å². The van der Waals surface area contributed by atoms with Gasteiger partial charge in [0.1, 0.15) is 12.5 Å². The summed E-state index contributed by atoms with van der Waals surface area (Å²) in [4.78, 5) is 0. The number of hydrogen-bond donors (Lipinski definition) is 4. The van der Waals surface area contributed by atoms with Gasteiger partial charge in [0.05, 0.1) is 0 Å². The molecule has 0 aromatic carbocycles. The lowest BCUT2D eigenvalue weighted by Gasteiger charge is -2.04. The molecular weight excluding hydrogens is 144 g/mol. The number of rotatable bonds is 2. The lowest BCUT2D eigenvalue weighted by Crippen LogP contribution is -2.24. The van der Waals surface area contributed by atoms with Crippen LogP contribution in [-0.4, -0.2) is 29.7 Å². The fourth-order valence-electron chi connectivity index (χ4n) is 0. The van der Waals surface area contributed by atoms with E-state index in [1.807, 2.05) is 13.8 Å². The molecule has 2 unspecified atom stereocenters.